The Kier molecular flexibility index (Phi) is 2.31. The number of aliphatic hydroxyl groups is 1. The largest absolute Gasteiger partial charge is 0.396 e. The van der Waals surface area contributed by atoms with Crippen molar-refractivity contribution < 1.29 is 9.84 Å². The highest BCUT2D eigenvalue weighted by Gasteiger charge is 2.50. The monoisotopic (exact) mass is 211 g/mol. The zero-order valence-electron chi connectivity index (χ0n) is 9.37. The second-order valence-corrected chi connectivity index (χ2v) is 5.71. The predicted molar refractivity (Wildman–Crippen MR) is 57.7 cm³/mol. The Morgan fingerprint density at radius 2 is 2.07 bits per heavy atom. The third kappa shape index (κ3) is 1.61. The number of hydrogen-bond acceptors (Lipinski definition) is 3. The Morgan fingerprint density at radius 1 is 1.20 bits per heavy atom. The fraction of sp³-hybridized carbons (Fsp3) is 1.00. The molecule has 3 fully saturated rings. The molecule has 3 rings (SSSR count). The molecule has 1 unspecified atom stereocenters. The van der Waals surface area contributed by atoms with Crippen LogP contribution in [0.4, 0.5) is 0 Å². The van der Waals surface area contributed by atoms with E-state index in [4.69, 9.17) is 4.74 Å². The van der Waals surface area contributed by atoms with Crippen molar-refractivity contribution in [3.63, 3.8) is 0 Å². The summed E-state index contributed by atoms with van der Waals surface area (Å²) in [5.74, 6) is 0. The second kappa shape index (κ2) is 3.44. The molecule has 3 nitrogen and oxygen atoms in total. The van der Waals surface area contributed by atoms with Crippen molar-refractivity contribution in [3.8, 4) is 0 Å². The van der Waals surface area contributed by atoms with Crippen molar-refractivity contribution >= 4 is 0 Å². The molecule has 86 valence electrons. The molecule has 2 saturated heterocycles. The van der Waals surface area contributed by atoms with Gasteiger partial charge in [-0.25, -0.2) is 0 Å². The van der Waals surface area contributed by atoms with Gasteiger partial charge in [-0.1, -0.05) is 0 Å². The van der Waals surface area contributed by atoms with E-state index in [0.29, 0.717) is 12.1 Å². The molecule has 1 atom stereocenters. The number of hydrogen-bond donors (Lipinski definition) is 1. The Bertz CT molecular complexity index is 238. The van der Waals surface area contributed by atoms with Crippen LogP contribution >= 0.6 is 0 Å². The molecule has 2 heterocycles. The molecule has 3 heteroatoms. The zero-order chi connectivity index (χ0) is 10.4. The Hall–Kier alpha value is -0.120. The van der Waals surface area contributed by atoms with Gasteiger partial charge in [0.2, 0.25) is 0 Å². The molecule has 0 aromatic rings. The van der Waals surface area contributed by atoms with Crippen LogP contribution < -0.4 is 0 Å². The van der Waals surface area contributed by atoms with Gasteiger partial charge in [0, 0.05) is 30.7 Å². The molecule has 0 amide bonds. The van der Waals surface area contributed by atoms with Gasteiger partial charge in [0.1, 0.15) is 0 Å². The molecule has 1 aliphatic carbocycles. The maximum Gasteiger partial charge on any atom is 0.0651 e. The summed E-state index contributed by atoms with van der Waals surface area (Å²) in [6.45, 7) is 4.55. The Balaban J connectivity index is 1.69. The van der Waals surface area contributed by atoms with Gasteiger partial charge >= 0.3 is 0 Å². The first kappa shape index (κ1) is 10.1. The standard InChI is InChI=1S/C12H21NO2/c14-9-11(3-4-11)8-13-6-1-2-12(13)5-7-15-10-12/h14H,1-10H2. The number of nitrogens with zero attached hydrogens (tertiary/aromatic N) is 1. The lowest BCUT2D eigenvalue weighted by atomic mass is 9.94. The van der Waals surface area contributed by atoms with E-state index in [1.165, 1.54) is 38.6 Å². The third-order valence-corrected chi connectivity index (χ3v) is 4.64. The van der Waals surface area contributed by atoms with Crippen molar-refractivity contribution in [3.05, 3.63) is 0 Å². The van der Waals surface area contributed by atoms with Crippen molar-refractivity contribution in [1.29, 1.82) is 0 Å². The quantitative estimate of drug-likeness (QED) is 0.756. The number of ether oxygens (including phenoxy) is 1. The first-order valence-electron chi connectivity index (χ1n) is 6.22. The second-order valence-electron chi connectivity index (χ2n) is 5.71. The minimum atomic E-state index is 0.264. The van der Waals surface area contributed by atoms with Crippen molar-refractivity contribution in [2.75, 3.05) is 32.9 Å². The molecule has 2 aliphatic heterocycles. The molecule has 0 bridgehead atoms. The van der Waals surface area contributed by atoms with Gasteiger partial charge in [0.05, 0.1) is 6.61 Å². The van der Waals surface area contributed by atoms with E-state index in [9.17, 15) is 5.11 Å². The maximum atomic E-state index is 9.39. The smallest absolute Gasteiger partial charge is 0.0651 e. The van der Waals surface area contributed by atoms with Crippen LogP contribution in [0.15, 0.2) is 0 Å². The summed E-state index contributed by atoms with van der Waals surface area (Å²) in [4.78, 5) is 2.61. The van der Waals surface area contributed by atoms with Crippen LogP contribution in [0.3, 0.4) is 0 Å². The van der Waals surface area contributed by atoms with Gasteiger partial charge in [-0.3, -0.25) is 4.90 Å². The lowest BCUT2D eigenvalue weighted by Gasteiger charge is -2.36. The van der Waals surface area contributed by atoms with Gasteiger partial charge in [-0.2, -0.15) is 0 Å². The Labute approximate surface area is 91.4 Å². The fourth-order valence-corrected chi connectivity index (χ4v) is 3.23. The predicted octanol–water partition coefficient (Wildman–Crippen LogP) is 1.01. The highest BCUT2D eigenvalue weighted by molar-refractivity contribution is 5.04. The Morgan fingerprint density at radius 3 is 2.67 bits per heavy atom. The van der Waals surface area contributed by atoms with Crippen LogP contribution in [-0.2, 0) is 4.74 Å². The van der Waals surface area contributed by atoms with Crippen molar-refractivity contribution in [2.45, 2.75) is 37.6 Å². The summed E-state index contributed by atoms with van der Waals surface area (Å²) in [7, 11) is 0. The van der Waals surface area contributed by atoms with E-state index in [-0.39, 0.29) is 5.41 Å². The van der Waals surface area contributed by atoms with Crippen molar-refractivity contribution in [1.82, 2.24) is 4.90 Å². The topological polar surface area (TPSA) is 32.7 Å². The van der Waals surface area contributed by atoms with E-state index in [0.717, 1.165) is 19.8 Å². The maximum absolute atomic E-state index is 9.39. The molecule has 1 N–H and O–H groups in total. The molecule has 0 radical (unpaired) electrons. The summed E-state index contributed by atoms with van der Waals surface area (Å²) in [6, 6.07) is 0. The number of likely N-dealkylation sites (tertiary alicyclic amines) is 1. The van der Waals surface area contributed by atoms with Gasteiger partial charge in [-0.15, -0.1) is 0 Å². The van der Waals surface area contributed by atoms with Crippen LogP contribution in [0.25, 0.3) is 0 Å². The van der Waals surface area contributed by atoms with Gasteiger partial charge < -0.3 is 9.84 Å². The van der Waals surface area contributed by atoms with Crippen molar-refractivity contribution in [2.24, 2.45) is 5.41 Å². The zero-order valence-corrected chi connectivity index (χ0v) is 9.37. The van der Waals surface area contributed by atoms with E-state index >= 15 is 0 Å². The molecule has 3 aliphatic rings. The normalized spacial score (nSPS) is 39.0. The molecule has 15 heavy (non-hydrogen) atoms. The minimum absolute atomic E-state index is 0.264. The summed E-state index contributed by atoms with van der Waals surface area (Å²) in [5.41, 5.74) is 0.616. The van der Waals surface area contributed by atoms with Gasteiger partial charge in [-0.05, 0) is 38.6 Å². The molecular weight excluding hydrogens is 190 g/mol. The summed E-state index contributed by atoms with van der Waals surface area (Å²) in [5, 5.41) is 9.39. The highest BCUT2D eigenvalue weighted by Crippen LogP contribution is 2.48. The lowest BCUT2D eigenvalue weighted by Crippen LogP contribution is -2.47. The minimum Gasteiger partial charge on any atom is -0.396 e. The molecule has 1 saturated carbocycles. The van der Waals surface area contributed by atoms with Gasteiger partial charge in [0.25, 0.3) is 0 Å². The average molecular weight is 211 g/mol. The first-order valence-corrected chi connectivity index (χ1v) is 6.22. The summed E-state index contributed by atoms with van der Waals surface area (Å²) < 4.78 is 5.58. The van der Waals surface area contributed by atoms with Crippen LogP contribution in [0.2, 0.25) is 0 Å². The first-order chi connectivity index (χ1) is 7.29. The van der Waals surface area contributed by atoms with E-state index in [2.05, 4.69) is 4.90 Å². The third-order valence-electron chi connectivity index (χ3n) is 4.64. The van der Waals surface area contributed by atoms with E-state index < -0.39 is 0 Å². The van der Waals surface area contributed by atoms with Crippen LogP contribution in [0.5, 0.6) is 0 Å². The summed E-state index contributed by atoms with van der Waals surface area (Å²) >= 11 is 0. The lowest BCUT2D eigenvalue weighted by molar-refractivity contribution is 0.0684. The molecule has 0 aromatic carbocycles. The van der Waals surface area contributed by atoms with E-state index in [1.807, 2.05) is 0 Å². The fourth-order valence-electron chi connectivity index (χ4n) is 3.23. The molecule has 0 aromatic heterocycles. The number of aliphatic hydroxyl groups excluding tert-OH is 1. The van der Waals surface area contributed by atoms with Crippen LogP contribution in [0, 0.1) is 5.41 Å². The van der Waals surface area contributed by atoms with Gasteiger partial charge in [0.15, 0.2) is 0 Å². The SMILES string of the molecule is OCC1(CN2CCCC23CCOC3)CC1. The summed E-state index contributed by atoms with van der Waals surface area (Å²) in [6.07, 6.45) is 6.25. The average Bonchev–Trinajstić information content (AvgIpc) is 2.72. The molecule has 1 spiro atoms. The van der Waals surface area contributed by atoms with Crippen LogP contribution in [0.1, 0.15) is 32.1 Å². The number of rotatable bonds is 3. The van der Waals surface area contributed by atoms with Crippen LogP contribution in [-0.4, -0.2) is 48.5 Å². The highest BCUT2D eigenvalue weighted by atomic mass is 16.5. The van der Waals surface area contributed by atoms with E-state index in [1.54, 1.807) is 0 Å². The molecular formula is C12H21NO2.